The number of rotatable bonds is 12. The molecule has 37 heavy (non-hydrogen) atoms. The van der Waals surface area contributed by atoms with Crippen LogP contribution in [0.5, 0.6) is 5.75 Å². The summed E-state index contributed by atoms with van der Waals surface area (Å²) in [4.78, 5) is 57.9. The van der Waals surface area contributed by atoms with Gasteiger partial charge in [-0.05, 0) is 43.0 Å². The lowest BCUT2D eigenvalue weighted by atomic mass is 10.0. The third-order valence-electron chi connectivity index (χ3n) is 6.23. The molecular weight excluding hydrogens is 480 g/mol. The number of carbonyl (C=O) groups excluding carboxylic acids is 3. The summed E-state index contributed by atoms with van der Waals surface area (Å²) < 4.78 is 0. The van der Waals surface area contributed by atoms with Crippen molar-refractivity contribution in [3.05, 3.63) is 48.0 Å². The standard InChI is InChI=1S/C25H34N6O6/c1-14(2)21(25(36)37)31-24(35)19(10-15-5-7-17(32)8-6-15)29-23(34)20(11-16-12-26-13-28-16)30-22(33)18-4-3-9-27-18/h5-8,12-14,18-21,27,32H,3-4,9-11H2,1-2H3,(H,26,28)(H,29,34)(H,30,33)(H,31,35)(H,36,37). The number of imidazole rings is 1. The second-order valence-corrected chi connectivity index (χ2v) is 9.49. The summed E-state index contributed by atoms with van der Waals surface area (Å²) in [6.45, 7) is 4.05. The van der Waals surface area contributed by atoms with E-state index in [1.165, 1.54) is 18.5 Å². The van der Waals surface area contributed by atoms with Crippen LogP contribution in [0.25, 0.3) is 0 Å². The summed E-state index contributed by atoms with van der Waals surface area (Å²) in [6, 6.07) is 2.42. The maximum absolute atomic E-state index is 13.4. The molecule has 200 valence electrons. The predicted molar refractivity (Wildman–Crippen MR) is 133 cm³/mol. The fourth-order valence-corrected chi connectivity index (χ4v) is 4.12. The van der Waals surface area contributed by atoms with Crippen molar-refractivity contribution in [1.82, 2.24) is 31.2 Å². The molecule has 0 aliphatic carbocycles. The molecule has 4 unspecified atom stereocenters. The number of hydrogen-bond acceptors (Lipinski definition) is 7. The number of nitrogens with one attached hydrogen (secondary N) is 5. The van der Waals surface area contributed by atoms with Crippen molar-refractivity contribution in [3.8, 4) is 5.75 Å². The first-order chi connectivity index (χ1) is 17.6. The van der Waals surface area contributed by atoms with Gasteiger partial charge in [-0.1, -0.05) is 26.0 Å². The van der Waals surface area contributed by atoms with Gasteiger partial charge in [0.25, 0.3) is 0 Å². The van der Waals surface area contributed by atoms with Crippen LogP contribution < -0.4 is 21.3 Å². The van der Waals surface area contributed by atoms with Gasteiger partial charge in [-0.2, -0.15) is 0 Å². The Hall–Kier alpha value is -3.93. The van der Waals surface area contributed by atoms with Gasteiger partial charge >= 0.3 is 5.97 Å². The fraction of sp³-hybridized carbons (Fsp3) is 0.480. The number of aliphatic carboxylic acids is 1. The number of benzene rings is 1. The molecule has 1 aromatic heterocycles. The Morgan fingerprint density at radius 2 is 1.70 bits per heavy atom. The van der Waals surface area contributed by atoms with E-state index in [0.717, 1.165) is 6.42 Å². The molecule has 3 amide bonds. The van der Waals surface area contributed by atoms with Gasteiger partial charge in [0.2, 0.25) is 17.7 Å². The van der Waals surface area contributed by atoms with Crippen molar-refractivity contribution < 1.29 is 29.4 Å². The van der Waals surface area contributed by atoms with Crippen molar-refractivity contribution in [3.63, 3.8) is 0 Å². The summed E-state index contributed by atoms with van der Waals surface area (Å²) in [5.74, 6) is -3.13. The lowest BCUT2D eigenvalue weighted by Gasteiger charge is -2.26. The minimum absolute atomic E-state index is 0.0389. The van der Waals surface area contributed by atoms with Crippen LogP contribution in [0.15, 0.2) is 36.8 Å². The number of nitrogens with zero attached hydrogens (tertiary/aromatic N) is 1. The van der Waals surface area contributed by atoms with Crippen LogP contribution in [0.3, 0.4) is 0 Å². The van der Waals surface area contributed by atoms with Gasteiger partial charge in [0.05, 0.1) is 12.4 Å². The molecule has 2 aromatic rings. The minimum atomic E-state index is -1.19. The first-order valence-electron chi connectivity index (χ1n) is 12.3. The number of aromatic nitrogens is 2. The fourth-order valence-electron chi connectivity index (χ4n) is 4.12. The Morgan fingerprint density at radius 3 is 2.27 bits per heavy atom. The van der Waals surface area contributed by atoms with E-state index in [2.05, 4.69) is 31.2 Å². The average molecular weight is 515 g/mol. The van der Waals surface area contributed by atoms with Crippen LogP contribution in [-0.4, -0.2) is 74.6 Å². The quantitative estimate of drug-likeness (QED) is 0.204. The normalized spacial score (nSPS) is 17.5. The molecule has 7 N–H and O–H groups in total. The Balaban J connectivity index is 1.81. The van der Waals surface area contributed by atoms with Gasteiger partial charge < -0.3 is 36.5 Å². The highest BCUT2D eigenvalue weighted by atomic mass is 16.4. The second-order valence-electron chi connectivity index (χ2n) is 9.49. The van der Waals surface area contributed by atoms with Crippen molar-refractivity contribution >= 4 is 23.7 Å². The van der Waals surface area contributed by atoms with Gasteiger partial charge in [-0.3, -0.25) is 14.4 Å². The van der Waals surface area contributed by atoms with Gasteiger partial charge in [-0.25, -0.2) is 9.78 Å². The molecule has 3 rings (SSSR count). The number of carboxylic acids is 1. The number of carbonyl (C=O) groups is 4. The number of phenolic OH excluding ortho intramolecular Hbond substituents is 1. The van der Waals surface area contributed by atoms with E-state index < -0.39 is 47.9 Å². The zero-order valence-electron chi connectivity index (χ0n) is 20.9. The van der Waals surface area contributed by atoms with E-state index in [0.29, 0.717) is 24.2 Å². The molecule has 0 radical (unpaired) electrons. The first kappa shape index (κ1) is 27.7. The molecule has 1 aromatic carbocycles. The Labute approximate surface area is 214 Å². The molecule has 2 heterocycles. The van der Waals surface area contributed by atoms with Crippen LogP contribution in [0.2, 0.25) is 0 Å². The summed E-state index contributed by atoms with van der Waals surface area (Å²) in [5, 5.41) is 30.2. The van der Waals surface area contributed by atoms with E-state index >= 15 is 0 Å². The molecule has 0 saturated carbocycles. The van der Waals surface area contributed by atoms with Crippen molar-refractivity contribution in [2.75, 3.05) is 6.54 Å². The third-order valence-corrected chi connectivity index (χ3v) is 6.23. The summed E-state index contributed by atoms with van der Waals surface area (Å²) in [5.41, 5.74) is 1.25. The SMILES string of the molecule is CC(C)C(NC(=O)C(Cc1ccc(O)cc1)NC(=O)C(Cc1cnc[nH]1)NC(=O)C1CCCN1)C(=O)O. The van der Waals surface area contributed by atoms with E-state index in [9.17, 15) is 29.4 Å². The minimum Gasteiger partial charge on any atom is -0.508 e. The summed E-state index contributed by atoms with van der Waals surface area (Å²) in [7, 11) is 0. The zero-order valence-corrected chi connectivity index (χ0v) is 20.9. The molecule has 4 atom stereocenters. The largest absolute Gasteiger partial charge is 0.508 e. The number of H-pyrrole nitrogens is 1. The smallest absolute Gasteiger partial charge is 0.326 e. The highest BCUT2D eigenvalue weighted by molar-refractivity contribution is 5.94. The van der Waals surface area contributed by atoms with Crippen LogP contribution in [0, 0.1) is 5.92 Å². The van der Waals surface area contributed by atoms with E-state index in [4.69, 9.17) is 0 Å². The summed E-state index contributed by atoms with van der Waals surface area (Å²) >= 11 is 0. The van der Waals surface area contributed by atoms with Crippen LogP contribution in [0.4, 0.5) is 0 Å². The zero-order chi connectivity index (χ0) is 26.9. The van der Waals surface area contributed by atoms with Crippen molar-refractivity contribution in [2.45, 2.75) is 63.7 Å². The lowest BCUT2D eigenvalue weighted by molar-refractivity contribution is -0.143. The number of phenols is 1. The van der Waals surface area contributed by atoms with Crippen LogP contribution in [-0.2, 0) is 32.0 Å². The molecule has 1 fully saturated rings. The predicted octanol–water partition coefficient (Wildman–Crippen LogP) is -0.152. The van der Waals surface area contributed by atoms with Crippen LogP contribution in [0.1, 0.15) is 37.9 Å². The van der Waals surface area contributed by atoms with Crippen molar-refractivity contribution in [1.29, 1.82) is 0 Å². The molecule has 12 heteroatoms. The lowest BCUT2D eigenvalue weighted by Crippen LogP contribution is -2.58. The molecule has 1 aliphatic rings. The molecule has 0 spiro atoms. The number of hydrogen-bond donors (Lipinski definition) is 7. The molecule has 1 aliphatic heterocycles. The Kier molecular flexibility index (Phi) is 9.61. The van der Waals surface area contributed by atoms with Gasteiger partial charge in [0.1, 0.15) is 23.9 Å². The number of aromatic hydroxyl groups is 1. The second kappa shape index (κ2) is 12.9. The number of carboxylic acid groups (broad SMARTS) is 1. The highest BCUT2D eigenvalue weighted by Crippen LogP contribution is 2.13. The maximum Gasteiger partial charge on any atom is 0.326 e. The number of aromatic amines is 1. The molecular formula is C25H34N6O6. The van der Waals surface area contributed by atoms with E-state index in [1.807, 2.05) is 0 Å². The molecule has 12 nitrogen and oxygen atoms in total. The molecule has 1 saturated heterocycles. The summed E-state index contributed by atoms with van der Waals surface area (Å²) in [6.07, 6.45) is 4.66. The highest BCUT2D eigenvalue weighted by Gasteiger charge is 2.32. The maximum atomic E-state index is 13.4. The average Bonchev–Trinajstić information content (AvgIpc) is 3.57. The Bertz CT molecular complexity index is 1070. The number of amides is 3. The topological polar surface area (TPSA) is 186 Å². The van der Waals surface area contributed by atoms with Gasteiger partial charge in [-0.15, -0.1) is 0 Å². The van der Waals surface area contributed by atoms with Gasteiger partial charge in [0.15, 0.2) is 0 Å². The monoisotopic (exact) mass is 514 g/mol. The first-order valence-corrected chi connectivity index (χ1v) is 12.3. The van der Waals surface area contributed by atoms with Gasteiger partial charge in [0, 0.05) is 24.7 Å². The van der Waals surface area contributed by atoms with E-state index in [-0.39, 0.29) is 24.5 Å². The Morgan fingerprint density at radius 1 is 1.03 bits per heavy atom. The molecule has 0 bridgehead atoms. The van der Waals surface area contributed by atoms with Crippen LogP contribution >= 0.6 is 0 Å². The third kappa shape index (κ3) is 8.04. The van der Waals surface area contributed by atoms with E-state index in [1.54, 1.807) is 32.2 Å². The van der Waals surface area contributed by atoms with Crippen molar-refractivity contribution in [2.24, 2.45) is 5.92 Å².